The molecule has 1 aromatic rings. The summed E-state index contributed by atoms with van der Waals surface area (Å²) in [5, 5.41) is 3.77. The molecule has 1 saturated carbocycles. The van der Waals surface area contributed by atoms with Gasteiger partial charge >= 0.3 is 6.18 Å². The molecule has 0 radical (unpaired) electrons. The number of hydrogen-bond donors (Lipinski definition) is 1. The molecule has 1 N–H and O–H groups in total. The average molecular weight is 525 g/mol. The van der Waals surface area contributed by atoms with Gasteiger partial charge in [0, 0.05) is 44.6 Å². The fourth-order valence-corrected chi connectivity index (χ4v) is 7.07. The molecule has 5 rings (SSSR count). The molecule has 1 aliphatic carbocycles. The monoisotopic (exact) mass is 524 g/mol. The molecule has 7 nitrogen and oxygen atoms in total. The molecule has 3 saturated heterocycles. The van der Waals surface area contributed by atoms with Crippen molar-refractivity contribution in [2.75, 3.05) is 38.3 Å². The van der Waals surface area contributed by atoms with Crippen molar-refractivity contribution in [3.05, 3.63) is 23.4 Å². The van der Waals surface area contributed by atoms with E-state index < -0.39 is 17.2 Å². The highest BCUT2D eigenvalue weighted by atomic mass is 19.4. The Labute approximate surface area is 217 Å². The van der Waals surface area contributed by atoms with E-state index in [1.807, 2.05) is 9.80 Å². The maximum Gasteiger partial charge on any atom is 0.416 e. The van der Waals surface area contributed by atoms with Crippen molar-refractivity contribution < 1.29 is 27.4 Å². The first kappa shape index (κ1) is 26.7. The van der Waals surface area contributed by atoms with Crippen LogP contribution in [0.15, 0.2) is 12.1 Å². The summed E-state index contributed by atoms with van der Waals surface area (Å²) >= 11 is 0. The van der Waals surface area contributed by atoms with Crippen LogP contribution in [0.1, 0.15) is 57.2 Å². The summed E-state index contributed by atoms with van der Waals surface area (Å²) < 4.78 is 51.3. The van der Waals surface area contributed by atoms with Gasteiger partial charge in [0.1, 0.15) is 5.82 Å². The Morgan fingerprint density at radius 2 is 2.03 bits per heavy atom. The van der Waals surface area contributed by atoms with Crippen LogP contribution in [0.3, 0.4) is 0 Å². The number of nitrogens with one attached hydrogen (secondary N) is 1. The number of likely N-dealkylation sites (tertiary alicyclic amines) is 1. The van der Waals surface area contributed by atoms with Crippen molar-refractivity contribution in [1.29, 1.82) is 0 Å². The fourth-order valence-electron chi connectivity index (χ4n) is 7.07. The van der Waals surface area contributed by atoms with Gasteiger partial charge in [0.15, 0.2) is 0 Å². The number of rotatable bonds is 6. The lowest BCUT2D eigenvalue weighted by Gasteiger charge is -2.42. The van der Waals surface area contributed by atoms with Gasteiger partial charge in [0.05, 0.1) is 35.8 Å². The number of hydrogen-bond acceptors (Lipinski definition) is 6. The number of anilines is 1. The van der Waals surface area contributed by atoms with Gasteiger partial charge in [-0.25, -0.2) is 4.98 Å². The molecule has 4 aliphatic rings. The zero-order valence-corrected chi connectivity index (χ0v) is 22.2. The van der Waals surface area contributed by atoms with Crippen LogP contribution in [0.4, 0.5) is 19.0 Å². The first-order valence-electron chi connectivity index (χ1n) is 13.5. The highest BCUT2D eigenvalue weighted by Gasteiger charge is 2.55. The van der Waals surface area contributed by atoms with E-state index >= 15 is 0 Å². The summed E-state index contributed by atoms with van der Waals surface area (Å²) in [7, 11) is 1.71. The smallest absolute Gasteiger partial charge is 0.379 e. The zero-order chi connectivity index (χ0) is 26.5. The molecule has 0 spiro atoms. The third kappa shape index (κ3) is 4.96. The van der Waals surface area contributed by atoms with Crippen LogP contribution in [0.5, 0.6) is 0 Å². The van der Waals surface area contributed by atoms with Crippen LogP contribution in [0, 0.1) is 18.3 Å². The number of methoxy groups -OCH3 is 1. The largest absolute Gasteiger partial charge is 0.416 e. The summed E-state index contributed by atoms with van der Waals surface area (Å²) in [6.45, 7) is 8.24. The lowest BCUT2D eigenvalue weighted by molar-refractivity contribution is -0.146. The predicted molar refractivity (Wildman–Crippen MR) is 133 cm³/mol. The van der Waals surface area contributed by atoms with E-state index in [2.05, 4.69) is 24.1 Å². The Morgan fingerprint density at radius 3 is 2.68 bits per heavy atom. The number of fused-ring (bicyclic) bond motifs is 2. The van der Waals surface area contributed by atoms with E-state index in [1.54, 1.807) is 14.0 Å². The van der Waals surface area contributed by atoms with Gasteiger partial charge in [-0.3, -0.25) is 4.79 Å². The van der Waals surface area contributed by atoms with E-state index in [0.29, 0.717) is 37.8 Å². The Bertz CT molecular complexity index is 1010. The van der Waals surface area contributed by atoms with Crippen LogP contribution in [0.2, 0.25) is 0 Å². The van der Waals surface area contributed by atoms with E-state index in [1.165, 1.54) is 0 Å². The second kappa shape index (κ2) is 10.0. The van der Waals surface area contributed by atoms with Gasteiger partial charge in [0.25, 0.3) is 0 Å². The summed E-state index contributed by atoms with van der Waals surface area (Å²) in [5.74, 6) is 0.768. The van der Waals surface area contributed by atoms with Crippen LogP contribution in [-0.4, -0.2) is 79.5 Å². The van der Waals surface area contributed by atoms with E-state index in [9.17, 15) is 18.0 Å². The molecule has 4 fully saturated rings. The second-order valence-electron chi connectivity index (χ2n) is 11.7. The van der Waals surface area contributed by atoms with Crippen molar-refractivity contribution in [3.63, 3.8) is 0 Å². The van der Waals surface area contributed by atoms with Crippen molar-refractivity contribution in [3.8, 4) is 0 Å². The highest BCUT2D eigenvalue weighted by Crippen LogP contribution is 2.48. The van der Waals surface area contributed by atoms with Gasteiger partial charge < -0.3 is 24.6 Å². The molecule has 1 amide bonds. The molecule has 2 bridgehead atoms. The molecule has 3 aliphatic heterocycles. The van der Waals surface area contributed by atoms with Crippen LogP contribution in [-0.2, 0) is 20.4 Å². The van der Waals surface area contributed by atoms with Gasteiger partial charge in [-0.2, -0.15) is 13.2 Å². The minimum absolute atomic E-state index is 0.00477. The minimum Gasteiger partial charge on any atom is -0.379 e. The lowest BCUT2D eigenvalue weighted by Crippen LogP contribution is -2.55. The Kier molecular flexibility index (Phi) is 7.21. The zero-order valence-electron chi connectivity index (χ0n) is 22.2. The number of amides is 1. The molecule has 0 unspecified atom stereocenters. The maximum absolute atomic E-state index is 14.1. The molecule has 6 atom stereocenters. The molecule has 206 valence electrons. The first-order valence-corrected chi connectivity index (χ1v) is 13.5. The third-order valence-corrected chi connectivity index (χ3v) is 9.20. The highest BCUT2D eigenvalue weighted by molar-refractivity contribution is 5.84. The van der Waals surface area contributed by atoms with Gasteiger partial charge in [0.2, 0.25) is 5.91 Å². The number of ether oxygens (including phenoxy) is 2. The molecule has 37 heavy (non-hydrogen) atoms. The molecule has 0 aromatic carbocycles. The normalized spacial score (nSPS) is 34.1. The summed E-state index contributed by atoms with van der Waals surface area (Å²) in [4.78, 5) is 22.5. The first-order chi connectivity index (χ1) is 17.5. The Balaban J connectivity index is 1.27. The summed E-state index contributed by atoms with van der Waals surface area (Å²) in [6.07, 6.45) is -0.140. The third-order valence-electron chi connectivity index (χ3n) is 9.20. The number of alkyl halides is 3. The maximum atomic E-state index is 14.1. The van der Waals surface area contributed by atoms with Crippen LogP contribution >= 0.6 is 0 Å². The second-order valence-corrected chi connectivity index (χ2v) is 11.7. The van der Waals surface area contributed by atoms with E-state index in [4.69, 9.17) is 9.47 Å². The predicted octanol–water partition coefficient (Wildman–Crippen LogP) is 3.79. The van der Waals surface area contributed by atoms with Crippen LogP contribution < -0.4 is 10.2 Å². The number of aryl methyl sites for hydroxylation is 1. The number of piperazine rings is 1. The molecule has 10 heteroatoms. The van der Waals surface area contributed by atoms with E-state index in [-0.39, 0.29) is 42.1 Å². The standard InChI is InChI=1S/C27H39F3N4O3/c1-16(2)26(7-5-19(12-26)32-22-6-8-37-15-23(22)36-4)25(35)34-14-20-11-21(34)13-33(20)24-10-18(27(28,29)30)9-17(3)31-24/h9-10,16,19-23,32H,5-8,11-15H2,1-4H3/t19-,20-,21+,22+,23-,26+/m1/s1. The number of nitrogens with zero attached hydrogens (tertiary/aromatic N) is 3. The Morgan fingerprint density at radius 1 is 1.24 bits per heavy atom. The van der Waals surface area contributed by atoms with Crippen molar-refractivity contribution >= 4 is 11.7 Å². The molecule has 1 aromatic heterocycles. The number of carbonyl (C=O) groups excluding carboxylic acids is 1. The van der Waals surface area contributed by atoms with Crippen LogP contribution in [0.25, 0.3) is 0 Å². The lowest BCUT2D eigenvalue weighted by atomic mass is 9.74. The number of aromatic nitrogens is 1. The molecular formula is C27H39F3N4O3. The quantitative estimate of drug-likeness (QED) is 0.611. The topological polar surface area (TPSA) is 66.9 Å². The number of pyridine rings is 1. The Hall–Kier alpha value is -1.91. The van der Waals surface area contributed by atoms with Crippen molar-refractivity contribution in [2.24, 2.45) is 11.3 Å². The van der Waals surface area contributed by atoms with Crippen molar-refractivity contribution in [2.45, 2.75) is 89.3 Å². The number of carbonyl (C=O) groups is 1. The van der Waals surface area contributed by atoms with Gasteiger partial charge in [-0.05, 0) is 57.1 Å². The van der Waals surface area contributed by atoms with Gasteiger partial charge in [-0.15, -0.1) is 0 Å². The minimum atomic E-state index is -4.41. The average Bonchev–Trinajstić information content (AvgIpc) is 3.58. The summed E-state index contributed by atoms with van der Waals surface area (Å²) in [6, 6.07) is 2.70. The molecule has 4 heterocycles. The fraction of sp³-hybridized carbons (Fsp3) is 0.778. The number of halogens is 3. The summed E-state index contributed by atoms with van der Waals surface area (Å²) in [5.41, 5.74) is -0.746. The molecular weight excluding hydrogens is 485 g/mol. The van der Waals surface area contributed by atoms with E-state index in [0.717, 1.165) is 44.2 Å². The van der Waals surface area contributed by atoms with Crippen molar-refractivity contribution in [1.82, 2.24) is 15.2 Å². The van der Waals surface area contributed by atoms with Gasteiger partial charge in [-0.1, -0.05) is 13.8 Å². The SMILES string of the molecule is CO[C@@H]1COCC[C@@H]1N[C@@H]1CC[C@@](C(=O)N2C[C@H]3C[C@H]2CN3c2cc(C(F)(F)F)cc(C)n2)(C(C)C)C1.